The molecule has 0 saturated heterocycles. The van der Waals surface area contributed by atoms with Crippen LogP contribution in [-0.4, -0.2) is 38.8 Å². The largest absolute Gasteiger partial charge is 0.318 e. The Kier molecular flexibility index (Phi) is 10.9. The Morgan fingerprint density at radius 2 is 1.56 bits per heavy atom. The Hall–Kier alpha value is -1.62. The molecule has 3 aromatic rings. The molecule has 3 aromatic carbocycles. The minimum absolute atomic E-state index is 0.347. The SMILES string of the molecule is CNC[C@@H](CC1CCCCC1)NC[C@@H](Cc1ccc2ccccc2c1)NCCc1ccc(Cl)c(Cl)c1. The van der Waals surface area contributed by atoms with Gasteiger partial charge in [-0.2, -0.15) is 0 Å². The normalized spacial score (nSPS) is 16.3. The zero-order valence-electron chi connectivity index (χ0n) is 21.5. The summed E-state index contributed by atoms with van der Waals surface area (Å²) in [5.74, 6) is 0.867. The lowest BCUT2D eigenvalue weighted by Crippen LogP contribution is -2.47. The van der Waals surface area contributed by atoms with Crippen molar-refractivity contribution in [3.8, 4) is 0 Å². The van der Waals surface area contributed by atoms with Crippen molar-refractivity contribution < 1.29 is 0 Å². The van der Waals surface area contributed by atoms with Crippen molar-refractivity contribution >= 4 is 34.0 Å². The van der Waals surface area contributed by atoms with Crippen LogP contribution in [0.5, 0.6) is 0 Å². The topological polar surface area (TPSA) is 36.1 Å². The van der Waals surface area contributed by atoms with E-state index in [4.69, 9.17) is 23.2 Å². The molecule has 0 unspecified atom stereocenters. The van der Waals surface area contributed by atoms with E-state index in [1.165, 1.54) is 60.4 Å². The molecule has 1 aliphatic carbocycles. The lowest BCUT2D eigenvalue weighted by atomic mass is 9.84. The first kappa shape index (κ1) is 27.4. The van der Waals surface area contributed by atoms with Gasteiger partial charge in [-0.05, 0) is 72.8 Å². The Morgan fingerprint density at radius 1 is 0.778 bits per heavy atom. The minimum Gasteiger partial charge on any atom is -0.318 e. The van der Waals surface area contributed by atoms with Gasteiger partial charge in [0.1, 0.15) is 0 Å². The van der Waals surface area contributed by atoms with Gasteiger partial charge in [0.25, 0.3) is 0 Å². The van der Waals surface area contributed by atoms with Crippen molar-refractivity contribution in [2.45, 2.75) is 63.5 Å². The molecule has 0 bridgehead atoms. The fraction of sp³-hybridized carbons (Fsp3) is 0.484. The third-order valence-electron chi connectivity index (χ3n) is 7.57. The summed E-state index contributed by atoms with van der Waals surface area (Å²) in [6.07, 6.45) is 10.2. The number of likely N-dealkylation sites (N-methyl/N-ethyl adjacent to an activating group) is 1. The van der Waals surface area contributed by atoms with Crippen molar-refractivity contribution in [2.24, 2.45) is 5.92 Å². The molecule has 0 radical (unpaired) electrons. The molecular weight excluding hydrogens is 485 g/mol. The van der Waals surface area contributed by atoms with Crippen LogP contribution in [0.2, 0.25) is 10.0 Å². The van der Waals surface area contributed by atoms with Crippen LogP contribution in [0.4, 0.5) is 0 Å². The predicted octanol–water partition coefficient (Wildman–Crippen LogP) is 7.04. The Bertz CT molecular complexity index is 1080. The molecule has 0 aliphatic heterocycles. The lowest BCUT2D eigenvalue weighted by Gasteiger charge is -2.29. The highest BCUT2D eigenvalue weighted by Gasteiger charge is 2.20. The Balaban J connectivity index is 1.39. The van der Waals surface area contributed by atoms with Crippen LogP contribution in [0.3, 0.4) is 0 Å². The van der Waals surface area contributed by atoms with Crippen LogP contribution in [0, 0.1) is 5.92 Å². The summed E-state index contributed by atoms with van der Waals surface area (Å²) in [5, 5.41) is 15.0. The molecule has 0 spiro atoms. The molecule has 3 nitrogen and oxygen atoms in total. The molecule has 2 atom stereocenters. The summed E-state index contributed by atoms with van der Waals surface area (Å²) in [4.78, 5) is 0. The molecule has 0 aromatic heterocycles. The maximum Gasteiger partial charge on any atom is 0.0595 e. The summed E-state index contributed by atoms with van der Waals surface area (Å²) < 4.78 is 0. The van der Waals surface area contributed by atoms with Crippen molar-refractivity contribution in [2.75, 3.05) is 26.7 Å². The standard InChI is InChI=1S/C31H41Cl2N3/c1-34-21-28(18-23-7-3-2-4-8-23)36-22-29(35-16-15-24-12-14-30(32)31(33)20-24)19-25-11-13-26-9-5-6-10-27(26)17-25/h5-6,9-14,17,20,23,28-29,34-36H,2-4,7-8,15-16,18-19,21-22H2,1H3/t28-,29-/m1/s1. The zero-order chi connectivity index (χ0) is 25.2. The molecule has 1 fully saturated rings. The average Bonchev–Trinajstić information content (AvgIpc) is 2.89. The fourth-order valence-electron chi connectivity index (χ4n) is 5.60. The number of hydrogen-bond acceptors (Lipinski definition) is 3. The first-order valence-electron chi connectivity index (χ1n) is 13.6. The van der Waals surface area contributed by atoms with Gasteiger partial charge < -0.3 is 16.0 Å². The van der Waals surface area contributed by atoms with Crippen LogP contribution >= 0.6 is 23.2 Å². The number of nitrogens with one attached hydrogen (secondary N) is 3. The Labute approximate surface area is 227 Å². The highest BCUT2D eigenvalue weighted by molar-refractivity contribution is 6.42. The fourth-order valence-corrected chi connectivity index (χ4v) is 5.92. The molecule has 5 heteroatoms. The van der Waals surface area contributed by atoms with E-state index < -0.39 is 0 Å². The van der Waals surface area contributed by atoms with Crippen LogP contribution in [0.25, 0.3) is 10.8 Å². The van der Waals surface area contributed by atoms with Gasteiger partial charge in [0.05, 0.1) is 10.0 Å². The average molecular weight is 527 g/mol. The van der Waals surface area contributed by atoms with Gasteiger partial charge in [0, 0.05) is 25.2 Å². The van der Waals surface area contributed by atoms with Crippen molar-refractivity contribution in [1.29, 1.82) is 0 Å². The van der Waals surface area contributed by atoms with Gasteiger partial charge in [-0.25, -0.2) is 0 Å². The van der Waals surface area contributed by atoms with E-state index in [1.807, 2.05) is 12.1 Å². The molecule has 194 valence electrons. The molecule has 3 N–H and O–H groups in total. The zero-order valence-corrected chi connectivity index (χ0v) is 23.1. The molecule has 1 saturated carbocycles. The van der Waals surface area contributed by atoms with E-state index in [0.717, 1.165) is 38.4 Å². The number of hydrogen-bond donors (Lipinski definition) is 3. The van der Waals surface area contributed by atoms with Gasteiger partial charge in [-0.1, -0.05) is 104 Å². The van der Waals surface area contributed by atoms with Crippen LogP contribution in [0.15, 0.2) is 60.7 Å². The number of fused-ring (bicyclic) bond motifs is 1. The monoisotopic (exact) mass is 525 g/mol. The van der Waals surface area contributed by atoms with E-state index in [1.54, 1.807) is 0 Å². The van der Waals surface area contributed by atoms with E-state index >= 15 is 0 Å². The highest BCUT2D eigenvalue weighted by atomic mass is 35.5. The van der Waals surface area contributed by atoms with E-state index in [2.05, 4.69) is 71.5 Å². The molecule has 4 rings (SSSR count). The predicted molar refractivity (Wildman–Crippen MR) is 157 cm³/mol. The van der Waals surface area contributed by atoms with Crippen LogP contribution < -0.4 is 16.0 Å². The van der Waals surface area contributed by atoms with Gasteiger partial charge in [0.15, 0.2) is 0 Å². The summed E-state index contributed by atoms with van der Waals surface area (Å²) in [7, 11) is 2.07. The lowest BCUT2D eigenvalue weighted by molar-refractivity contribution is 0.289. The third-order valence-corrected chi connectivity index (χ3v) is 8.31. The van der Waals surface area contributed by atoms with Crippen LogP contribution in [-0.2, 0) is 12.8 Å². The minimum atomic E-state index is 0.347. The van der Waals surface area contributed by atoms with E-state index in [-0.39, 0.29) is 0 Å². The van der Waals surface area contributed by atoms with Gasteiger partial charge in [-0.3, -0.25) is 0 Å². The van der Waals surface area contributed by atoms with Crippen molar-refractivity contribution in [1.82, 2.24) is 16.0 Å². The van der Waals surface area contributed by atoms with Crippen molar-refractivity contribution in [3.05, 3.63) is 81.8 Å². The van der Waals surface area contributed by atoms with Crippen molar-refractivity contribution in [3.63, 3.8) is 0 Å². The van der Waals surface area contributed by atoms with Gasteiger partial charge >= 0.3 is 0 Å². The van der Waals surface area contributed by atoms with E-state index in [0.29, 0.717) is 22.1 Å². The summed E-state index contributed by atoms with van der Waals surface area (Å²) in [6, 6.07) is 22.3. The van der Waals surface area contributed by atoms with Gasteiger partial charge in [-0.15, -0.1) is 0 Å². The number of halogens is 2. The number of rotatable bonds is 13. The summed E-state index contributed by atoms with van der Waals surface area (Å²) in [6.45, 7) is 2.87. The second kappa shape index (κ2) is 14.4. The molecule has 0 amide bonds. The second-order valence-corrected chi connectivity index (χ2v) is 11.3. The maximum atomic E-state index is 6.24. The van der Waals surface area contributed by atoms with Gasteiger partial charge in [0.2, 0.25) is 0 Å². The first-order valence-corrected chi connectivity index (χ1v) is 14.4. The molecular formula is C31H41Cl2N3. The molecule has 0 heterocycles. The summed E-state index contributed by atoms with van der Waals surface area (Å²) >= 11 is 12.3. The third kappa shape index (κ3) is 8.46. The highest BCUT2D eigenvalue weighted by Crippen LogP contribution is 2.27. The quantitative estimate of drug-likeness (QED) is 0.224. The summed E-state index contributed by atoms with van der Waals surface area (Å²) in [5.41, 5.74) is 2.58. The van der Waals surface area contributed by atoms with E-state index in [9.17, 15) is 0 Å². The Morgan fingerprint density at radius 3 is 2.33 bits per heavy atom. The maximum absolute atomic E-state index is 6.24. The van der Waals surface area contributed by atoms with Crippen LogP contribution in [0.1, 0.15) is 49.7 Å². The number of benzene rings is 3. The second-order valence-electron chi connectivity index (χ2n) is 10.4. The molecule has 36 heavy (non-hydrogen) atoms. The smallest absolute Gasteiger partial charge is 0.0595 e. The first-order chi connectivity index (χ1) is 17.6. The molecule has 1 aliphatic rings.